The van der Waals surface area contributed by atoms with E-state index in [-0.39, 0.29) is 0 Å². The van der Waals surface area contributed by atoms with Crippen LogP contribution in [0.15, 0.2) is 77.8 Å². The molecule has 4 rings (SSSR count). The van der Waals surface area contributed by atoms with Gasteiger partial charge in [-0.3, -0.25) is 4.99 Å². The first-order chi connectivity index (χ1) is 15.1. The molecule has 0 aliphatic rings. The van der Waals surface area contributed by atoms with Crippen LogP contribution in [0.3, 0.4) is 0 Å². The number of ether oxygens (including phenoxy) is 2. The van der Waals surface area contributed by atoms with E-state index < -0.39 is 11.9 Å². The van der Waals surface area contributed by atoms with E-state index in [1.54, 1.807) is 48.7 Å². The monoisotopic (exact) mass is 449 g/mol. The van der Waals surface area contributed by atoms with Crippen LogP contribution in [0.25, 0.3) is 10.1 Å². The fraction of sp³-hybridized carbons (Fsp3) is 0.0417. The Hall–Kier alpha value is -3.48. The Morgan fingerprint density at radius 3 is 2.39 bits per heavy atom. The summed E-state index contributed by atoms with van der Waals surface area (Å²) in [5.74, 6) is -0.557. The summed E-state index contributed by atoms with van der Waals surface area (Å²) in [5, 5.41) is 1.22. The molecule has 0 atom stereocenters. The average Bonchev–Trinajstić information content (AvgIpc) is 3.15. The normalized spacial score (nSPS) is 11.0. The molecule has 0 aliphatic carbocycles. The lowest BCUT2D eigenvalue weighted by Crippen LogP contribution is -2.08. The summed E-state index contributed by atoms with van der Waals surface area (Å²) in [7, 11) is 1.33. The SMILES string of the molecule is COC(=O)c1ccc(N=Cc2ccccc2OC(=O)c2sc3ccccc3c2Cl)cc1. The van der Waals surface area contributed by atoms with Gasteiger partial charge in [0.05, 0.1) is 23.4 Å². The zero-order valence-electron chi connectivity index (χ0n) is 16.4. The number of fused-ring (bicyclic) bond motifs is 1. The predicted molar refractivity (Wildman–Crippen MR) is 123 cm³/mol. The lowest BCUT2D eigenvalue weighted by Gasteiger charge is -2.06. The Balaban J connectivity index is 1.55. The second kappa shape index (κ2) is 9.12. The largest absolute Gasteiger partial charge is 0.465 e. The van der Waals surface area contributed by atoms with Crippen molar-refractivity contribution in [1.29, 1.82) is 0 Å². The van der Waals surface area contributed by atoms with Gasteiger partial charge in [-0.2, -0.15) is 0 Å². The smallest absolute Gasteiger partial charge is 0.355 e. The van der Waals surface area contributed by atoms with Crippen molar-refractivity contribution in [1.82, 2.24) is 0 Å². The van der Waals surface area contributed by atoms with Gasteiger partial charge >= 0.3 is 11.9 Å². The van der Waals surface area contributed by atoms with E-state index in [0.717, 1.165) is 10.1 Å². The predicted octanol–water partition coefficient (Wildman–Crippen LogP) is 6.31. The van der Waals surface area contributed by atoms with Gasteiger partial charge in [0.25, 0.3) is 0 Å². The molecule has 0 N–H and O–H groups in total. The number of hydrogen-bond donors (Lipinski definition) is 0. The quantitative estimate of drug-likeness (QED) is 0.203. The lowest BCUT2D eigenvalue weighted by atomic mass is 10.2. The molecule has 0 fully saturated rings. The number of carbonyl (C=O) groups excluding carboxylic acids is 2. The van der Waals surface area contributed by atoms with Gasteiger partial charge in [0.15, 0.2) is 0 Å². The lowest BCUT2D eigenvalue weighted by molar-refractivity contribution is 0.0600. The highest BCUT2D eigenvalue weighted by Gasteiger charge is 2.19. The van der Waals surface area contributed by atoms with Gasteiger partial charge in [-0.15, -0.1) is 11.3 Å². The van der Waals surface area contributed by atoms with Crippen LogP contribution < -0.4 is 4.74 Å². The Kier molecular flexibility index (Phi) is 6.11. The van der Waals surface area contributed by atoms with E-state index in [2.05, 4.69) is 9.73 Å². The van der Waals surface area contributed by atoms with E-state index in [9.17, 15) is 9.59 Å². The van der Waals surface area contributed by atoms with Crippen molar-refractivity contribution in [2.75, 3.05) is 7.11 Å². The molecule has 0 saturated carbocycles. The molecule has 0 saturated heterocycles. The van der Waals surface area contributed by atoms with E-state index in [4.69, 9.17) is 16.3 Å². The number of aliphatic imine (C=N–C) groups is 1. The number of esters is 2. The molecule has 3 aromatic carbocycles. The second-order valence-electron chi connectivity index (χ2n) is 6.47. The van der Waals surface area contributed by atoms with E-state index >= 15 is 0 Å². The van der Waals surface area contributed by atoms with Crippen molar-refractivity contribution in [3.05, 3.63) is 93.8 Å². The van der Waals surface area contributed by atoms with Gasteiger partial charge in [0.1, 0.15) is 10.6 Å². The third kappa shape index (κ3) is 4.50. The van der Waals surface area contributed by atoms with Crippen LogP contribution in [0.2, 0.25) is 5.02 Å². The molecule has 0 amide bonds. The Morgan fingerprint density at radius 1 is 0.935 bits per heavy atom. The van der Waals surface area contributed by atoms with Crippen LogP contribution >= 0.6 is 22.9 Å². The fourth-order valence-corrected chi connectivity index (χ4v) is 4.30. The molecule has 1 heterocycles. The number of hydrogen-bond acceptors (Lipinski definition) is 6. The first-order valence-corrected chi connectivity index (χ1v) is 10.5. The van der Waals surface area contributed by atoms with Gasteiger partial charge in [-0.1, -0.05) is 41.9 Å². The van der Waals surface area contributed by atoms with Gasteiger partial charge in [-0.05, 0) is 42.5 Å². The summed E-state index contributed by atoms with van der Waals surface area (Å²) in [5.41, 5.74) is 1.71. The van der Waals surface area contributed by atoms with Crippen molar-refractivity contribution in [2.24, 2.45) is 4.99 Å². The molecule has 0 aliphatic heterocycles. The third-order valence-electron chi connectivity index (χ3n) is 4.48. The molecule has 154 valence electrons. The molecule has 7 heteroatoms. The Morgan fingerprint density at radius 2 is 1.65 bits per heavy atom. The summed E-state index contributed by atoms with van der Waals surface area (Å²) >= 11 is 7.69. The minimum absolute atomic E-state index is 0.355. The van der Waals surface area contributed by atoms with Gasteiger partial charge in [0.2, 0.25) is 0 Å². The minimum Gasteiger partial charge on any atom is -0.465 e. The van der Waals surface area contributed by atoms with Crippen molar-refractivity contribution in [3.8, 4) is 5.75 Å². The van der Waals surface area contributed by atoms with Crippen LogP contribution in [0.4, 0.5) is 5.69 Å². The third-order valence-corrected chi connectivity index (χ3v) is 6.14. The zero-order chi connectivity index (χ0) is 21.8. The highest BCUT2D eigenvalue weighted by molar-refractivity contribution is 7.21. The zero-order valence-corrected chi connectivity index (χ0v) is 17.9. The number of nitrogens with zero attached hydrogens (tertiary/aromatic N) is 1. The maximum Gasteiger partial charge on any atom is 0.355 e. The summed E-state index contributed by atoms with van der Waals surface area (Å²) < 4.78 is 11.2. The number of para-hydroxylation sites is 1. The summed E-state index contributed by atoms with van der Waals surface area (Å²) in [6.07, 6.45) is 1.60. The van der Waals surface area contributed by atoms with Crippen molar-refractivity contribution >= 4 is 56.9 Å². The first kappa shape index (κ1) is 20.8. The van der Waals surface area contributed by atoms with Crippen molar-refractivity contribution in [3.63, 3.8) is 0 Å². The number of thiophene rings is 1. The highest BCUT2D eigenvalue weighted by atomic mass is 35.5. The molecule has 0 spiro atoms. The summed E-state index contributed by atoms with van der Waals surface area (Å²) in [4.78, 5) is 29.1. The minimum atomic E-state index is -0.519. The van der Waals surface area contributed by atoms with Gasteiger partial charge in [0, 0.05) is 21.9 Å². The van der Waals surface area contributed by atoms with E-state index in [1.165, 1.54) is 18.4 Å². The Bertz CT molecular complexity index is 1290. The maximum atomic E-state index is 12.8. The first-order valence-electron chi connectivity index (χ1n) is 9.27. The van der Waals surface area contributed by atoms with Crippen molar-refractivity contribution < 1.29 is 19.1 Å². The number of halogens is 1. The highest BCUT2D eigenvalue weighted by Crippen LogP contribution is 2.36. The van der Waals surface area contributed by atoms with Gasteiger partial charge in [-0.25, -0.2) is 9.59 Å². The number of carbonyl (C=O) groups is 2. The number of methoxy groups -OCH3 is 1. The summed E-state index contributed by atoms with van der Waals surface area (Å²) in [6.45, 7) is 0. The standard InChI is InChI=1S/C24H16ClNO4S/c1-29-23(27)15-10-12-17(13-11-15)26-14-16-6-2-4-8-19(16)30-24(28)22-21(25)18-7-3-5-9-20(18)31-22/h2-14H,1H3. The average molecular weight is 450 g/mol. The van der Waals surface area contributed by atoms with Gasteiger partial charge < -0.3 is 9.47 Å². The van der Waals surface area contributed by atoms with E-state index in [1.807, 2.05) is 30.3 Å². The second-order valence-corrected chi connectivity index (χ2v) is 7.90. The van der Waals surface area contributed by atoms with E-state index in [0.29, 0.717) is 32.5 Å². The maximum absolute atomic E-state index is 12.8. The fourth-order valence-electron chi connectivity index (χ4n) is 2.92. The molecule has 0 bridgehead atoms. The van der Waals surface area contributed by atoms with Crippen LogP contribution in [-0.2, 0) is 4.74 Å². The van der Waals surface area contributed by atoms with Crippen LogP contribution in [0.5, 0.6) is 5.75 Å². The van der Waals surface area contributed by atoms with Crippen LogP contribution in [0.1, 0.15) is 25.6 Å². The molecule has 0 unspecified atom stereocenters. The number of benzene rings is 3. The van der Waals surface area contributed by atoms with Crippen LogP contribution in [0, 0.1) is 0 Å². The molecular weight excluding hydrogens is 434 g/mol. The summed E-state index contributed by atoms with van der Waals surface area (Å²) in [6, 6.07) is 21.3. The number of rotatable bonds is 5. The van der Waals surface area contributed by atoms with Crippen molar-refractivity contribution in [2.45, 2.75) is 0 Å². The molecule has 31 heavy (non-hydrogen) atoms. The topological polar surface area (TPSA) is 65.0 Å². The molecule has 1 aromatic heterocycles. The molecule has 5 nitrogen and oxygen atoms in total. The van der Waals surface area contributed by atoms with Crippen LogP contribution in [-0.4, -0.2) is 25.3 Å². The molecule has 0 radical (unpaired) electrons. The molecular formula is C24H16ClNO4S. The Labute approximate surface area is 187 Å². The molecule has 4 aromatic rings.